The van der Waals surface area contributed by atoms with E-state index in [9.17, 15) is 9.59 Å². The summed E-state index contributed by atoms with van der Waals surface area (Å²) in [6.07, 6.45) is 2.07. The lowest BCUT2D eigenvalue weighted by molar-refractivity contribution is -0.131. The molecule has 1 heterocycles. The van der Waals surface area contributed by atoms with Gasteiger partial charge in [0, 0.05) is 13.1 Å². The van der Waals surface area contributed by atoms with Gasteiger partial charge in [-0.2, -0.15) is 0 Å². The SMILES string of the molecule is O=C(O)NCC(=O)N1CCCCC1. The van der Waals surface area contributed by atoms with Crippen molar-refractivity contribution < 1.29 is 14.7 Å². The maximum atomic E-state index is 11.3. The number of amides is 2. The maximum Gasteiger partial charge on any atom is 0.405 e. The molecule has 1 aliphatic heterocycles. The van der Waals surface area contributed by atoms with Crippen molar-refractivity contribution in [2.45, 2.75) is 19.3 Å². The molecule has 0 unspecified atom stereocenters. The summed E-state index contributed by atoms with van der Waals surface area (Å²) in [6.45, 7) is 1.43. The first-order valence-corrected chi connectivity index (χ1v) is 4.45. The van der Waals surface area contributed by atoms with E-state index in [2.05, 4.69) is 5.32 Å². The largest absolute Gasteiger partial charge is 0.465 e. The molecule has 1 saturated heterocycles. The van der Waals surface area contributed by atoms with Crippen molar-refractivity contribution in [3.05, 3.63) is 0 Å². The van der Waals surface area contributed by atoms with Crippen LogP contribution in [0, 0.1) is 0 Å². The van der Waals surface area contributed by atoms with Crippen LogP contribution in [-0.2, 0) is 4.79 Å². The average Bonchev–Trinajstić information content (AvgIpc) is 2.15. The second-order valence-electron chi connectivity index (χ2n) is 3.10. The van der Waals surface area contributed by atoms with Gasteiger partial charge in [-0.25, -0.2) is 4.79 Å². The molecule has 0 aromatic rings. The summed E-state index contributed by atoms with van der Waals surface area (Å²) >= 11 is 0. The number of rotatable bonds is 2. The first-order valence-electron chi connectivity index (χ1n) is 4.45. The molecular formula is C8H14N2O3. The second-order valence-corrected chi connectivity index (χ2v) is 3.10. The number of carbonyl (C=O) groups excluding carboxylic acids is 1. The predicted octanol–water partition coefficient (Wildman–Crippen LogP) is 0.266. The molecule has 1 aliphatic rings. The Hall–Kier alpha value is -1.26. The third-order valence-corrected chi connectivity index (χ3v) is 2.10. The molecule has 0 aliphatic carbocycles. The summed E-state index contributed by atoms with van der Waals surface area (Å²) in [6, 6.07) is 0. The third kappa shape index (κ3) is 3.31. The highest BCUT2D eigenvalue weighted by atomic mass is 16.4. The highest BCUT2D eigenvalue weighted by molar-refractivity contribution is 5.81. The van der Waals surface area contributed by atoms with Crippen LogP contribution in [0.4, 0.5) is 4.79 Å². The van der Waals surface area contributed by atoms with Gasteiger partial charge in [-0.3, -0.25) is 4.79 Å². The van der Waals surface area contributed by atoms with E-state index >= 15 is 0 Å². The van der Waals surface area contributed by atoms with Crippen LogP contribution < -0.4 is 5.32 Å². The van der Waals surface area contributed by atoms with Crippen molar-refractivity contribution >= 4 is 12.0 Å². The van der Waals surface area contributed by atoms with Gasteiger partial charge >= 0.3 is 6.09 Å². The monoisotopic (exact) mass is 186 g/mol. The molecule has 5 heteroatoms. The van der Waals surface area contributed by atoms with Crippen LogP contribution in [0.25, 0.3) is 0 Å². The number of carboxylic acid groups (broad SMARTS) is 1. The quantitative estimate of drug-likeness (QED) is 0.650. The molecule has 0 bridgehead atoms. The molecular weight excluding hydrogens is 172 g/mol. The number of hydrogen-bond acceptors (Lipinski definition) is 2. The van der Waals surface area contributed by atoms with E-state index in [1.807, 2.05) is 0 Å². The maximum absolute atomic E-state index is 11.3. The minimum Gasteiger partial charge on any atom is -0.465 e. The van der Waals surface area contributed by atoms with Gasteiger partial charge in [0.15, 0.2) is 0 Å². The Bertz CT molecular complexity index is 200. The first-order chi connectivity index (χ1) is 6.20. The summed E-state index contributed by atoms with van der Waals surface area (Å²) < 4.78 is 0. The topological polar surface area (TPSA) is 69.6 Å². The van der Waals surface area contributed by atoms with E-state index in [-0.39, 0.29) is 12.5 Å². The lowest BCUT2D eigenvalue weighted by atomic mass is 10.1. The van der Waals surface area contributed by atoms with Gasteiger partial charge in [-0.1, -0.05) is 0 Å². The number of piperidine rings is 1. The summed E-state index contributed by atoms with van der Waals surface area (Å²) in [5.74, 6) is -0.123. The minimum atomic E-state index is -1.15. The van der Waals surface area contributed by atoms with Gasteiger partial charge in [-0.05, 0) is 19.3 Å². The molecule has 2 amide bonds. The van der Waals surface area contributed by atoms with Crippen molar-refractivity contribution in [2.75, 3.05) is 19.6 Å². The van der Waals surface area contributed by atoms with Crippen LogP contribution in [0.15, 0.2) is 0 Å². The van der Waals surface area contributed by atoms with Crippen molar-refractivity contribution in [1.29, 1.82) is 0 Å². The van der Waals surface area contributed by atoms with Crippen molar-refractivity contribution in [2.24, 2.45) is 0 Å². The molecule has 0 saturated carbocycles. The van der Waals surface area contributed by atoms with Crippen LogP contribution in [0.3, 0.4) is 0 Å². The van der Waals surface area contributed by atoms with Crippen LogP contribution in [-0.4, -0.2) is 41.6 Å². The zero-order valence-corrected chi connectivity index (χ0v) is 7.45. The van der Waals surface area contributed by atoms with Crippen molar-refractivity contribution in [3.63, 3.8) is 0 Å². The lowest BCUT2D eigenvalue weighted by Crippen LogP contribution is -2.42. The summed E-state index contributed by atoms with van der Waals surface area (Å²) in [5, 5.41) is 10.3. The smallest absolute Gasteiger partial charge is 0.405 e. The second kappa shape index (κ2) is 4.69. The predicted molar refractivity (Wildman–Crippen MR) is 46.5 cm³/mol. The standard InChI is InChI=1S/C8H14N2O3/c11-7(6-9-8(12)13)10-4-2-1-3-5-10/h9H,1-6H2,(H,12,13). The molecule has 2 N–H and O–H groups in total. The third-order valence-electron chi connectivity index (χ3n) is 2.10. The molecule has 5 nitrogen and oxygen atoms in total. The molecule has 0 atom stereocenters. The Kier molecular flexibility index (Phi) is 3.54. The van der Waals surface area contributed by atoms with Crippen LogP contribution >= 0.6 is 0 Å². The zero-order valence-electron chi connectivity index (χ0n) is 7.45. The van der Waals surface area contributed by atoms with E-state index in [1.165, 1.54) is 0 Å². The molecule has 1 fully saturated rings. The summed E-state index contributed by atoms with van der Waals surface area (Å²) in [4.78, 5) is 23.1. The van der Waals surface area contributed by atoms with Crippen LogP contribution in [0.1, 0.15) is 19.3 Å². The van der Waals surface area contributed by atoms with Crippen LogP contribution in [0.5, 0.6) is 0 Å². The van der Waals surface area contributed by atoms with Gasteiger partial charge in [0.25, 0.3) is 0 Å². The molecule has 0 spiro atoms. The average molecular weight is 186 g/mol. The van der Waals surface area contributed by atoms with Crippen molar-refractivity contribution in [3.8, 4) is 0 Å². The molecule has 13 heavy (non-hydrogen) atoms. The lowest BCUT2D eigenvalue weighted by Gasteiger charge is -2.26. The van der Waals surface area contributed by atoms with E-state index in [4.69, 9.17) is 5.11 Å². The van der Waals surface area contributed by atoms with Crippen LogP contribution in [0.2, 0.25) is 0 Å². The Labute approximate surface area is 76.7 Å². The first kappa shape index (κ1) is 9.83. The van der Waals surface area contributed by atoms with E-state index in [0.717, 1.165) is 32.4 Å². The zero-order chi connectivity index (χ0) is 9.68. The number of likely N-dealkylation sites (tertiary alicyclic amines) is 1. The summed E-state index contributed by atoms with van der Waals surface area (Å²) in [5.41, 5.74) is 0. The Balaban J connectivity index is 2.25. The van der Waals surface area contributed by atoms with Crippen molar-refractivity contribution in [1.82, 2.24) is 10.2 Å². The molecule has 74 valence electrons. The fourth-order valence-corrected chi connectivity index (χ4v) is 1.41. The number of carbonyl (C=O) groups is 2. The minimum absolute atomic E-state index is 0.102. The number of hydrogen-bond donors (Lipinski definition) is 2. The van der Waals surface area contributed by atoms with Gasteiger partial charge in [-0.15, -0.1) is 0 Å². The Morgan fingerprint density at radius 2 is 1.85 bits per heavy atom. The fourth-order valence-electron chi connectivity index (χ4n) is 1.41. The van der Waals surface area contributed by atoms with Gasteiger partial charge in [0.1, 0.15) is 6.54 Å². The van der Waals surface area contributed by atoms with E-state index in [0.29, 0.717) is 0 Å². The molecule has 1 rings (SSSR count). The van der Waals surface area contributed by atoms with E-state index in [1.54, 1.807) is 4.90 Å². The van der Waals surface area contributed by atoms with Gasteiger partial charge < -0.3 is 15.3 Å². The Morgan fingerprint density at radius 1 is 1.23 bits per heavy atom. The highest BCUT2D eigenvalue weighted by Crippen LogP contribution is 2.07. The molecule has 0 aromatic heterocycles. The highest BCUT2D eigenvalue weighted by Gasteiger charge is 2.16. The normalized spacial score (nSPS) is 16.8. The molecule has 0 aromatic carbocycles. The molecule has 0 radical (unpaired) electrons. The van der Waals surface area contributed by atoms with E-state index < -0.39 is 6.09 Å². The number of nitrogens with one attached hydrogen (secondary N) is 1. The number of nitrogens with zero attached hydrogens (tertiary/aromatic N) is 1. The summed E-state index contributed by atoms with van der Waals surface area (Å²) in [7, 11) is 0. The fraction of sp³-hybridized carbons (Fsp3) is 0.750. The van der Waals surface area contributed by atoms with Gasteiger partial charge in [0.2, 0.25) is 5.91 Å². The van der Waals surface area contributed by atoms with Gasteiger partial charge in [0.05, 0.1) is 0 Å². The Morgan fingerprint density at radius 3 is 2.38 bits per heavy atom.